The van der Waals surface area contributed by atoms with Crippen LogP contribution in [0, 0.1) is 5.41 Å². The molecule has 0 unspecified atom stereocenters. The third kappa shape index (κ3) is 7.03. The highest BCUT2D eigenvalue weighted by Crippen LogP contribution is 2.24. The molecule has 96 valence electrons. The van der Waals surface area contributed by atoms with Crippen molar-refractivity contribution in [3.05, 3.63) is 0 Å². The molecule has 0 rings (SSSR count). The lowest BCUT2D eigenvalue weighted by molar-refractivity contribution is -0.127. The van der Waals surface area contributed by atoms with Crippen LogP contribution in [0.15, 0.2) is 0 Å². The number of carbonyl (C=O) groups excluding carboxylic acids is 1. The number of carbonyl (C=O) groups is 1. The number of rotatable bonds is 10. The molecule has 0 saturated heterocycles. The smallest absolute Gasteiger partial charge is 0.138 e. The van der Waals surface area contributed by atoms with E-state index in [1.165, 1.54) is 38.5 Å². The van der Waals surface area contributed by atoms with Gasteiger partial charge in [-0.3, -0.25) is 4.79 Å². The second-order valence-electron chi connectivity index (χ2n) is 5.53. The van der Waals surface area contributed by atoms with E-state index in [-0.39, 0.29) is 5.41 Å². The van der Waals surface area contributed by atoms with Gasteiger partial charge in [0.1, 0.15) is 5.78 Å². The van der Waals surface area contributed by atoms with Crippen LogP contribution in [0.5, 0.6) is 0 Å². The van der Waals surface area contributed by atoms with Crippen molar-refractivity contribution < 1.29 is 4.79 Å². The summed E-state index contributed by atoms with van der Waals surface area (Å²) in [6.45, 7) is 8.47. The Morgan fingerprint density at radius 3 is 1.88 bits per heavy atom. The fourth-order valence-electron chi connectivity index (χ4n) is 1.78. The van der Waals surface area contributed by atoms with Crippen LogP contribution in [-0.4, -0.2) is 5.78 Å². The summed E-state index contributed by atoms with van der Waals surface area (Å²) < 4.78 is 0. The van der Waals surface area contributed by atoms with E-state index in [4.69, 9.17) is 0 Å². The molecular weight excluding hydrogens is 196 g/mol. The minimum atomic E-state index is -0.0950. The van der Waals surface area contributed by atoms with Gasteiger partial charge in [0.05, 0.1) is 0 Å². The summed E-state index contributed by atoms with van der Waals surface area (Å²) in [6, 6.07) is 0. The Morgan fingerprint density at radius 1 is 0.875 bits per heavy atom. The van der Waals surface area contributed by atoms with Gasteiger partial charge in [0, 0.05) is 11.8 Å². The van der Waals surface area contributed by atoms with Crippen LogP contribution < -0.4 is 0 Å². The molecule has 0 fully saturated rings. The first-order valence-electron chi connectivity index (χ1n) is 7.08. The lowest BCUT2D eigenvalue weighted by Crippen LogP contribution is -2.22. The standard InChI is InChI=1S/C15H30O/c1-5-7-8-9-10-11-12-13-14(16)15(3,4)6-2/h5-13H2,1-4H3. The fourth-order valence-corrected chi connectivity index (χ4v) is 1.78. The van der Waals surface area contributed by atoms with Crippen LogP contribution in [0.2, 0.25) is 0 Å². The summed E-state index contributed by atoms with van der Waals surface area (Å²) >= 11 is 0. The number of Topliss-reactive ketones (excluding diaryl/α,β-unsaturated/α-hetero) is 1. The maximum absolute atomic E-state index is 11.8. The molecule has 0 aliphatic rings. The van der Waals surface area contributed by atoms with Gasteiger partial charge in [0.25, 0.3) is 0 Å². The van der Waals surface area contributed by atoms with Gasteiger partial charge in [0.2, 0.25) is 0 Å². The molecule has 0 radical (unpaired) electrons. The third-order valence-electron chi connectivity index (χ3n) is 3.65. The minimum Gasteiger partial charge on any atom is -0.299 e. The first kappa shape index (κ1) is 15.7. The van der Waals surface area contributed by atoms with Crippen molar-refractivity contribution >= 4 is 5.78 Å². The van der Waals surface area contributed by atoms with E-state index < -0.39 is 0 Å². The first-order chi connectivity index (χ1) is 7.54. The number of ketones is 1. The molecule has 1 nitrogen and oxygen atoms in total. The van der Waals surface area contributed by atoms with Gasteiger partial charge in [-0.15, -0.1) is 0 Å². The molecule has 0 spiro atoms. The zero-order valence-electron chi connectivity index (χ0n) is 11.8. The zero-order chi connectivity index (χ0) is 12.4. The lowest BCUT2D eigenvalue weighted by atomic mass is 9.83. The van der Waals surface area contributed by atoms with Crippen molar-refractivity contribution in [2.24, 2.45) is 5.41 Å². The summed E-state index contributed by atoms with van der Waals surface area (Å²) in [4.78, 5) is 11.8. The molecule has 16 heavy (non-hydrogen) atoms. The maximum atomic E-state index is 11.8. The summed E-state index contributed by atoms with van der Waals surface area (Å²) in [5.41, 5.74) is -0.0950. The van der Waals surface area contributed by atoms with Gasteiger partial charge in [-0.1, -0.05) is 66.2 Å². The van der Waals surface area contributed by atoms with Crippen molar-refractivity contribution in [2.45, 2.75) is 85.5 Å². The Balaban J connectivity index is 3.42. The summed E-state index contributed by atoms with van der Waals surface area (Å²) in [5.74, 6) is 0.448. The van der Waals surface area contributed by atoms with E-state index in [9.17, 15) is 4.79 Å². The SMILES string of the molecule is CCCCCCCCCC(=O)C(C)(C)CC. The Morgan fingerprint density at radius 2 is 1.38 bits per heavy atom. The zero-order valence-corrected chi connectivity index (χ0v) is 11.8. The Labute approximate surface area is 102 Å². The van der Waals surface area contributed by atoms with Gasteiger partial charge in [-0.25, -0.2) is 0 Å². The minimum absolute atomic E-state index is 0.0950. The maximum Gasteiger partial charge on any atom is 0.138 e. The van der Waals surface area contributed by atoms with Crippen LogP contribution in [-0.2, 0) is 4.79 Å². The molecule has 0 aliphatic heterocycles. The molecule has 0 heterocycles. The predicted octanol–water partition coefficient (Wildman–Crippen LogP) is 5.13. The molecule has 0 aromatic rings. The van der Waals surface area contributed by atoms with Gasteiger partial charge >= 0.3 is 0 Å². The third-order valence-corrected chi connectivity index (χ3v) is 3.65. The van der Waals surface area contributed by atoms with Gasteiger partial charge < -0.3 is 0 Å². The summed E-state index contributed by atoms with van der Waals surface area (Å²) in [6.07, 6.45) is 10.8. The Hall–Kier alpha value is -0.330. The van der Waals surface area contributed by atoms with Crippen LogP contribution in [0.25, 0.3) is 0 Å². The Kier molecular flexibility index (Phi) is 8.60. The number of hydrogen-bond acceptors (Lipinski definition) is 1. The van der Waals surface area contributed by atoms with Crippen LogP contribution in [0.4, 0.5) is 0 Å². The van der Waals surface area contributed by atoms with Crippen LogP contribution >= 0.6 is 0 Å². The van der Waals surface area contributed by atoms with Crippen molar-refractivity contribution in [2.75, 3.05) is 0 Å². The monoisotopic (exact) mass is 226 g/mol. The van der Waals surface area contributed by atoms with Crippen molar-refractivity contribution in [1.82, 2.24) is 0 Å². The van der Waals surface area contributed by atoms with E-state index in [0.29, 0.717) is 5.78 Å². The highest BCUT2D eigenvalue weighted by Gasteiger charge is 2.23. The van der Waals surface area contributed by atoms with Crippen LogP contribution in [0.1, 0.15) is 85.5 Å². The van der Waals surface area contributed by atoms with E-state index in [1.54, 1.807) is 0 Å². The van der Waals surface area contributed by atoms with Crippen LogP contribution in [0.3, 0.4) is 0 Å². The molecule has 0 aromatic carbocycles. The van der Waals surface area contributed by atoms with Gasteiger partial charge in [-0.2, -0.15) is 0 Å². The second kappa shape index (κ2) is 8.78. The van der Waals surface area contributed by atoms with E-state index in [2.05, 4.69) is 27.7 Å². The highest BCUT2D eigenvalue weighted by atomic mass is 16.1. The molecule has 0 atom stereocenters. The summed E-state index contributed by atoms with van der Waals surface area (Å²) in [7, 11) is 0. The van der Waals surface area contributed by atoms with Gasteiger partial charge in [0.15, 0.2) is 0 Å². The highest BCUT2D eigenvalue weighted by molar-refractivity contribution is 5.83. The summed E-state index contributed by atoms with van der Waals surface area (Å²) in [5, 5.41) is 0. The molecule has 0 saturated carbocycles. The molecule has 0 bridgehead atoms. The normalized spacial score (nSPS) is 11.8. The average Bonchev–Trinajstić information content (AvgIpc) is 2.27. The fraction of sp³-hybridized carbons (Fsp3) is 0.933. The van der Waals surface area contributed by atoms with E-state index >= 15 is 0 Å². The van der Waals surface area contributed by atoms with Crippen molar-refractivity contribution in [1.29, 1.82) is 0 Å². The second-order valence-corrected chi connectivity index (χ2v) is 5.53. The molecule has 1 heteroatoms. The Bertz CT molecular complexity index is 182. The van der Waals surface area contributed by atoms with E-state index in [1.807, 2.05) is 0 Å². The average molecular weight is 226 g/mol. The molecule has 0 aromatic heterocycles. The first-order valence-corrected chi connectivity index (χ1v) is 7.08. The molecular formula is C15H30O. The van der Waals surface area contributed by atoms with E-state index in [0.717, 1.165) is 19.3 Å². The largest absolute Gasteiger partial charge is 0.299 e. The number of hydrogen-bond donors (Lipinski definition) is 0. The van der Waals surface area contributed by atoms with Gasteiger partial charge in [-0.05, 0) is 12.8 Å². The molecule has 0 amide bonds. The topological polar surface area (TPSA) is 17.1 Å². The molecule has 0 N–H and O–H groups in total. The van der Waals surface area contributed by atoms with Crippen molar-refractivity contribution in [3.8, 4) is 0 Å². The lowest BCUT2D eigenvalue weighted by Gasteiger charge is -2.20. The van der Waals surface area contributed by atoms with Crippen molar-refractivity contribution in [3.63, 3.8) is 0 Å². The predicted molar refractivity (Wildman–Crippen MR) is 71.7 cm³/mol. The molecule has 0 aliphatic carbocycles. The number of unbranched alkanes of at least 4 members (excludes halogenated alkanes) is 6. The quantitative estimate of drug-likeness (QED) is 0.472.